The lowest BCUT2D eigenvalue weighted by Gasteiger charge is -2.09. The van der Waals surface area contributed by atoms with Crippen molar-refractivity contribution in [3.8, 4) is 17.1 Å². The number of nitrogens with two attached hydrogens (primary N) is 1. The summed E-state index contributed by atoms with van der Waals surface area (Å²) < 4.78 is 2.71. The molecule has 0 atom stereocenters. The Bertz CT molecular complexity index is 810. The maximum Gasteiger partial charge on any atom is 0.187 e. The lowest BCUT2D eigenvalue weighted by atomic mass is 10.1. The summed E-state index contributed by atoms with van der Waals surface area (Å²) in [4.78, 5) is 0. The third-order valence-electron chi connectivity index (χ3n) is 3.41. The van der Waals surface area contributed by atoms with Gasteiger partial charge in [-0.25, -0.2) is 0 Å². The minimum absolute atomic E-state index is 0.669. The molecule has 1 heterocycles. The highest BCUT2D eigenvalue weighted by atomic mass is 79.9. The monoisotopic (exact) mass is 343 g/mol. The quantitative estimate of drug-likeness (QED) is 0.725. The van der Waals surface area contributed by atoms with Crippen LogP contribution in [0.15, 0.2) is 40.9 Å². The van der Waals surface area contributed by atoms with E-state index in [0.717, 1.165) is 32.5 Å². The number of hydrogen-bond acceptors (Lipinski definition) is 4. The van der Waals surface area contributed by atoms with Gasteiger partial charge in [0.15, 0.2) is 5.82 Å². The average molecular weight is 344 g/mol. The first kappa shape index (κ1) is 13.8. The summed E-state index contributed by atoms with van der Waals surface area (Å²) >= 11 is 3.48. The van der Waals surface area contributed by atoms with Crippen LogP contribution >= 0.6 is 15.9 Å². The first-order chi connectivity index (χ1) is 10.1. The number of halogens is 1. The smallest absolute Gasteiger partial charge is 0.187 e. The van der Waals surface area contributed by atoms with Crippen LogP contribution in [0, 0.1) is 13.8 Å². The number of aryl methyl sites for hydroxylation is 2. The molecule has 0 bridgehead atoms. The molecular weight excluding hydrogens is 330 g/mol. The predicted octanol–water partition coefficient (Wildman–Crippen LogP) is 3.29. The molecule has 3 aromatic rings. The van der Waals surface area contributed by atoms with Crippen molar-refractivity contribution in [2.45, 2.75) is 13.8 Å². The first-order valence-corrected chi connectivity index (χ1v) is 7.27. The molecule has 1 aromatic heterocycles. The minimum Gasteiger partial charge on any atom is -0.398 e. The molecule has 106 valence electrons. The summed E-state index contributed by atoms with van der Waals surface area (Å²) in [7, 11) is 0. The van der Waals surface area contributed by atoms with E-state index in [1.807, 2.05) is 50.2 Å². The topological polar surface area (TPSA) is 69.6 Å². The Morgan fingerprint density at radius 2 is 1.81 bits per heavy atom. The molecule has 0 radical (unpaired) electrons. The van der Waals surface area contributed by atoms with Crippen LogP contribution in [0.1, 0.15) is 11.1 Å². The Labute approximate surface area is 130 Å². The Balaban J connectivity index is 2.17. The zero-order valence-electron chi connectivity index (χ0n) is 11.7. The molecule has 2 N–H and O–H groups in total. The van der Waals surface area contributed by atoms with Crippen molar-refractivity contribution in [2.24, 2.45) is 0 Å². The van der Waals surface area contributed by atoms with Gasteiger partial charge in [0.25, 0.3) is 0 Å². The van der Waals surface area contributed by atoms with Crippen LogP contribution in [0.5, 0.6) is 0 Å². The summed E-state index contributed by atoms with van der Waals surface area (Å²) in [6, 6.07) is 11.8. The standard InChI is InChI=1S/C15H14BrN5/c1-9-3-5-11(7-13(9)17)15-18-19-20-21(15)14-8-12(16)6-4-10(14)2/h3-8H,17H2,1-2H3. The summed E-state index contributed by atoms with van der Waals surface area (Å²) in [5, 5.41) is 12.1. The van der Waals surface area contributed by atoms with Gasteiger partial charge in [0.05, 0.1) is 5.69 Å². The van der Waals surface area contributed by atoms with Crippen molar-refractivity contribution in [1.82, 2.24) is 20.2 Å². The van der Waals surface area contributed by atoms with Crippen molar-refractivity contribution in [3.05, 3.63) is 52.0 Å². The molecule has 0 saturated heterocycles. The third kappa shape index (κ3) is 2.54. The normalized spacial score (nSPS) is 10.8. The highest BCUT2D eigenvalue weighted by molar-refractivity contribution is 9.10. The van der Waals surface area contributed by atoms with Crippen molar-refractivity contribution in [3.63, 3.8) is 0 Å². The number of benzene rings is 2. The van der Waals surface area contributed by atoms with Crippen LogP contribution in [-0.2, 0) is 0 Å². The summed E-state index contributed by atoms with van der Waals surface area (Å²) in [5.41, 5.74) is 10.7. The molecule has 0 aliphatic rings. The maximum absolute atomic E-state index is 5.98. The number of aromatic nitrogens is 4. The van der Waals surface area contributed by atoms with E-state index >= 15 is 0 Å². The lowest BCUT2D eigenvalue weighted by Crippen LogP contribution is -2.02. The second-order valence-corrected chi connectivity index (χ2v) is 5.83. The lowest BCUT2D eigenvalue weighted by molar-refractivity contribution is 0.787. The predicted molar refractivity (Wildman–Crippen MR) is 86.2 cm³/mol. The summed E-state index contributed by atoms with van der Waals surface area (Å²) in [6.45, 7) is 4.00. The molecule has 0 saturated carbocycles. The molecule has 3 rings (SSSR count). The molecule has 0 aliphatic heterocycles. The van der Waals surface area contributed by atoms with E-state index in [2.05, 4.69) is 31.5 Å². The fourth-order valence-corrected chi connectivity index (χ4v) is 2.47. The fourth-order valence-electron chi connectivity index (χ4n) is 2.12. The van der Waals surface area contributed by atoms with Crippen LogP contribution in [-0.4, -0.2) is 20.2 Å². The molecule has 5 nitrogen and oxygen atoms in total. The van der Waals surface area contributed by atoms with Crippen molar-refractivity contribution >= 4 is 21.6 Å². The molecular formula is C15H14BrN5. The van der Waals surface area contributed by atoms with Crippen molar-refractivity contribution in [2.75, 3.05) is 5.73 Å². The van der Waals surface area contributed by atoms with E-state index in [0.29, 0.717) is 5.82 Å². The van der Waals surface area contributed by atoms with E-state index in [9.17, 15) is 0 Å². The van der Waals surface area contributed by atoms with E-state index in [-0.39, 0.29) is 0 Å². The molecule has 21 heavy (non-hydrogen) atoms. The van der Waals surface area contributed by atoms with Gasteiger partial charge in [0.1, 0.15) is 0 Å². The summed E-state index contributed by atoms with van der Waals surface area (Å²) in [5.74, 6) is 0.669. The zero-order chi connectivity index (χ0) is 15.0. The molecule has 0 fully saturated rings. The van der Waals surface area contributed by atoms with Gasteiger partial charge in [-0.1, -0.05) is 34.1 Å². The Morgan fingerprint density at radius 1 is 1.05 bits per heavy atom. The maximum atomic E-state index is 5.98. The summed E-state index contributed by atoms with van der Waals surface area (Å²) in [6.07, 6.45) is 0. The second-order valence-electron chi connectivity index (χ2n) is 4.92. The van der Waals surface area contributed by atoms with Gasteiger partial charge >= 0.3 is 0 Å². The Kier molecular flexibility index (Phi) is 3.47. The highest BCUT2D eigenvalue weighted by Gasteiger charge is 2.13. The van der Waals surface area contributed by atoms with E-state index in [1.54, 1.807) is 4.68 Å². The SMILES string of the molecule is Cc1ccc(-c2nnnn2-c2cc(Br)ccc2C)cc1N. The fraction of sp³-hybridized carbons (Fsp3) is 0.133. The van der Waals surface area contributed by atoms with Gasteiger partial charge in [-0.3, -0.25) is 0 Å². The molecule has 0 spiro atoms. The second kappa shape index (κ2) is 5.29. The van der Waals surface area contributed by atoms with Crippen molar-refractivity contribution in [1.29, 1.82) is 0 Å². The molecule has 0 amide bonds. The van der Waals surface area contributed by atoms with Gasteiger partial charge in [-0.05, 0) is 53.6 Å². The third-order valence-corrected chi connectivity index (χ3v) is 3.90. The average Bonchev–Trinajstić information content (AvgIpc) is 2.93. The molecule has 6 heteroatoms. The Morgan fingerprint density at radius 3 is 2.57 bits per heavy atom. The number of hydrogen-bond donors (Lipinski definition) is 1. The largest absolute Gasteiger partial charge is 0.398 e. The van der Waals surface area contributed by atoms with Gasteiger partial charge in [0, 0.05) is 15.7 Å². The number of rotatable bonds is 2. The molecule has 0 aliphatic carbocycles. The number of anilines is 1. The number of nitrogen functional groups attached to an aromatic ring is 1. The van der Waals surface area contributed by atoms with Gasteiger partial charge in [-0.15, -0.1) is 5.10 Å². The Hall–Kier alpha value is -2.21. The van der Waals surface area contributed by atoms with Crippen molar-refractivity contribution < 1.29 is 0 Å². The van der Waals surface area contributed by atoms with Gasteiger partial charge < -0.3 is 5.73 Å². The molecule has 2 aromatic carbocycles. The first-order valence-electron chi connectivity index (χ1n) is 6.47. The van der Waals surface area contributed by atoms with Gasteiger partial charge in [0.2, 0.25) is 0 Å². The number of nitrogens with zero attached hydrogens (tertiary/aromatic N) is 4. The minimum atomic E-state index is 0.669. The van der Waals surface area contributed by atoms with Crippen LogP contribution in [0.4, 0.5) is 5.69 Å². The van der Waals surface area contributed by atoms with E-state index in [1.165, 1.54) is 0 Å². The molecule has 0 unspecified atom stereocenters. The van der Waals surface area contributed by atoms with Crippen LogP contribution in [0.3, 0.4) is 0 Å². The van der Waals surface area contributed by atoms with Crippen LogP contribution in [0.25, 0.3) is 17.1 Å². The van der Waals surface area contributed by atoms with E-state index < -0.39 is 0 Å². The van der Waals surface area contributed by atoms with Crippen LogP contribution < -0.4 is 5.73 Å². The van der Waals surface area contributed by atoms with E-state index in [4.69, 9.17) is 5.73 Å². The zero-order valence-corrected chi connectivity index (χ0v) is 13.3. The number of tetrazole rings is 1. The highest BCUT2D eigenvalue weighted by Crippen LogP contribution is 2.26. The van der Waals surface area contributed by atoms with Gasteiger partial charge in [-0.2, -0.15) is 4.68 Å². The van der Waals surface area contributed by atoms with Crippen LogP contribution in [0.2, 0.25) is 0 Å².